The molecule has 2 aliphatic carbocycles. The zero-order valence-corrected chi connectivity index (χ0v) is 16.4. The van der Waals surface area contributed by atoms with Crippen molar-refractivity contribution in [2.75, 3.05) is 7.05 Å². The van der Waals surface area contributed by atoms with Crippen molar-refractivity contribution in [2.24, 2.45) is 17.8 Å². The SMILES string of the molecule is C[C@@H]1OC(=O)C2=C1[C@H](/C=C/[C@@H]1CCC[C@H](C)N1C)[C@H]1CCCC[C@@H]1[C@H]2O. The Kier molecular flexibility index (Phi) is 5.00. The highest BCUT2D eigenvalue weighted by atomic mass is 16.5. The lowest BCUT2D eigenvalue weighted by atomic mass is 9.61. The van der Waals surface area contributed by atoms with E-state index < -0.39 is 6.10 Å². The molecule has 0 radical (unpaired) electrons. The molecule has 144 valence electrons. The van der Waals surface area contributed by atoms with Crippen LogP contribution in [0, 0.1) is 17.8 Å². The van der Waals surface area contributed by atoms with Gasteiger partial charge in [-0.25, -0.2) is 4.79 Å². The van der Waals surface area contributed by atoms with Gasteiger partial charge in [0.1, 0.15) is 6.10 Å². The number of carbonyl (C=O) groups excluding carboxylic acids is 1. The lowest BCUT2D eigenvalue weighted by molar-refractivity contribution is -0.140. The number of nitrogens with zero attached hydrogens (tertiary/aromatic N) is 1. The first kappa shape index (κ1) is 18.2. The van der Waals surface area contributed by atoms with Crippen molar-refractivity contribution in [3.8, 4) is 0 Å². The molecule has 2 fully saturated rings. The summed E-state index contributed by atoms with van der Waals surface area (Å²) in [6.45, 7) is 4.27. The third kappa shape index (κ3) is 2.95. The number of carbonyl (C=O) groups is 1. The second kappa shape index (κ2) is 7.12. The summed E-state index contributed by atoms with van der Waals surface area (Å²) in [5.74, 6) is 0.603. The van der Waals surface area contributed by atoms with Gasteiger partial charge in [-0.2, -0.15) is 0 Å². The van der Waals surface area contributed by atoms with Crippen molar-refractivity contribution in [3.05, 3.63) is 23.3 Å². The highest BCUT2D eigenvalue weighted by Gasteiger charge is 2.50. The predicted molar refractivity (Wildman–Crippen MR) is 102 cm³/mol. The molecule has 4 heteroatoms. The van der Waals surface area contributed by atoms with Crippen LogP contribution in [0.3, 0.4) is 0 Å². The van der Waals surface area contributed by atoms with Crippen LogP contribution in [-0.2, 0) is 9.53 Å². The maximum atomic E-state index is 12.4. The van der Waals surface area contributed by atoms with Gasteiger partial charge in [0.15, 0.2) is 0 Å². The average molecular weight is 360 g/mol. The molecule has 1 saturated carbocycles. The summed E-state index contributed by atoms with van der Waals surface area (Å²) in [6, 6.07) is 1.10. The van der Waals surface area contributed by atoms with Crippen molar-refractivity contribution < 1.29 is 14.6 Å². The molecule has 0 spiro atoms. The number of esters is 1. The molecule has 1 N–H and O–H groups in total. The van der Waals surface area contributed by atoms with Gasteiger partial charge in [-0.05, 0) is 64.0 Å². The third-order valence-electron chi connectivity index (χ3n) is 7.53. The largest absolute Gasteiger partial charge is 0.455 e. The predicted octanol–water partition coefficient (Wildman–Crippen LogP) is 3.45. The minimum Gasteiger partial charge on any atom is -0.455 e. The molecule has 4 rings (SSSR count). The van der Waals surface area contributed by atoms with Crippen molar-refractivity contribution in [3.63, 3.8) is 0 Å². The van der Waals surface area contributed by atoms with E-state index in [-0.39, 0.29) is 23.9 Å². The van der Waals surface area contributed by atoms with E-state index in [1.54, 1.807) is 0 Å². The Bertz CT molecular complexity index is 625. The number of piperidine rings is 1. The molecule has 26 heavy (non-hydrogen) atoms. The molecule has 4 aliphatic rings. The molecule has 0 aromatic heterocycles. The number of likely N-dealkylation sites (tertiary alicyclic amines) is 1. The number of aliphatic hydroxyl groups is 1. The normalized spacial score (nSPS) is 44.2. The van der Waals surface area contributed by atoms with Crippen LogP contribution in [0.1, 0.15) is 58.8 Å². The highest BCUT2D eigenvalue weighted by Crippen LogP contribution is 2.50. The van der Waals surface area contributed by atoms with Gasteiger partial charge in [-0.15, -0.1) is 0 Å². The van der Waals surface area contributed by atoms with E-state index in [9.17, 15) is 9.90 Å². The summed E-state index contributed by atoms with van der Waals surface area (Å²) in [5, 5.41) is 10.9. The molecule has 7 atom stereocenters. The quantitative estimate of drug-likeness (QED) is 0.606. The van der Waals surface area contributed by atoms with Crippen molar-refractivity contribution in [2.45, 2.75) is 83.1 Å². The van der Waals surface area contributed by atoms with Crippen LogP contribution in [0.15, 0.2) is 23.3 Å². The van der Waals surface area contributed by atoms with Crippen LogP contribution in [-0.4, -0.2) is 47.3 Å². The van der Waals surface area contributed by atoms with Crippen LogP contribution >= 0.6 is 0 Å². The van der Waals surface area contributed by atoms with Gasteiger partial charge >= 0.3 is 5.97 Å². The van der Waals surface area contributed by atoms with E-state index >= 15 is 0 Å². The Morgan fingerprint density at radius 1 is 1.04 bits per heavy atom. The fraction of sp³-hybridized carbons (Fsp3) is 0.773. The maximum absolute atomic E-state index is 12.4. The van der Waals surface area contributed by atoms with Gasteiger partial charge in [0.25, 0.3) is 0 Å². The first-order chi connectivity index (χ1) is 12.5. The van der Waals surface area contributed by atoms with Gasteiger partial charge < -0.3 is 9.84 Å². The lowest BCUT2D eigenvalue weighted by Gasteiger charge is -2.44. The number of rotatable bonds is 2. The fourth-order valence-corrected chi connectivity index (χ4v) is 5.92. The van der Waals surface area contributed by atoms with E-state index in [1.807, 2.05) is 6.92 Å². The van der Waals surface area contributed by atoms with Crippen molar-refractivity contribution >= 4 is 5.97 Å². The topological polar surface area (TPSA) is 49.8 Å². The zero-order valence-electron chi connectivity index (χ0n) is 16.4. The van der Waals surface area contributed by atoms with Gasteiger partial charge in [0.2, 0.25) is 0 Å². The summed E-state index contributed by atoms with van der Waals surface area (Å²) in [7, 11) is 2.22. The molecule has 1 saturated heterocycles. The Balaban J connectivity index is 1.66. The number of aliphatic hydroxyl groups excluding tert-OH is 1. The maximum Gasteiger partial charge on any atom is 0.337 e. The van der Waals surface area contributed by atoms with E-state index in [1.165, 1.54) is 25.7 Å². The van der Waals surface area contributed by atoms with Crippen molar-refractivity contribution in [1.29, 1.82) is 0 Å². The molecule has 2 aliphatic heterocycles. The number of allylic oxidation sites excluding steroid dienone is 1. The number of ether oxygens (including phenoxy) is 1. The standard InChI is InChI=1S/C22H33NO3/c1-13-7-6-8-15(23(13)3)11-12-17-16-9-4-5-10-18(16)21(24)20-19(17)14(2)26-22(20)25/h11-18,21,24H,4-10H2,1-3H3/b12-11+/t13-,14-,15-,16+,17+,18-,21+/m0/s1. The molecule has 0 amide bonds. The highest BCUT2D eigenvalue weighted by molar-refractivity contribution is 5.94. The fourth-order valence-electron chi connectivity index (χ4n) is 5.92. The first-order valence-corrected chi connectivity index (χ1v) is 10.5. The zero-order chi connectivity index (χ0) is 18.4. The summed E-state index contributed by atoms with van der Waals surface area (Å²) in [6.07, 6.45) is 12.2. The Hall–Kier alpha value is -1.13. The molecule has 0 unspecified atom stereocenters. The average Bonchev–Trinajstić information content (AvgIpc) is 2.93. The number of hydrogen-bond donors (Lipinski definition) is 1. The molecular formula is C22H33NO3. The van der Waals surface area contributed by atoms with Crippen LogP contribution < -0.4 is 0 Å². The summed E-state index contributed by atoms with van der Waals surface area (Å²) in [4.78, 5) is 14.9. The Morgan fingerprint density at radius 2 is 1.77 bits per heavy atom. The molecular weight excluding hydrogens is 326 g/mol. The molecule has 0 aromatic carbocycles. The Morgan fingerprint density at radius 3 is 2.54 bits per heavy atom. The van der Waals surface area contributed by atoms with E-state index in [4.69, 9.17) is 4.74 Å². The van der Waals surface area contributed by atoms with Gasteiger partial charge in [0.05, 0.1) is 11.7 Å². The minimum absolute atomic E-state index is 0.201. The number of likely N-dealkylation sites (N-methyl/N-ethyl adjacent to an activating group) is 1. The monoisotopic (exact) mass is 359 g/mol. The van der Waals surface area contributed by atoms with Crippen LogP contribution in [0.25, 0.3) is 0 Å². The summed E-state index contributed by atoms with van der Waals surface area (Å²) in [5.41, 5.74) is 1.65. The van der Waals surface area contributed by atoms with E-state index in [0.717, 1.165) is 24.8 Å². The van der Waals surface area contributed by atoms with Crippen LogP contribution in [0.4, 0.5) is 0 Å². The molecule has 2 heterocycles. The molecule has 0 bridgehead atoms. The van der Waals surface area contributed by atoms with Gasteiger partial charge in [-0.1, -0.05) is 31.4 Å². The minimum atomic E-state index is -0.630. The number of fused-ring (bicyclic) bond motifs is 1. The summed E-state index contributed by atoms with van der Waals surface area (Å²) < 4.78 is 5.53. The molecule has 4 nitrogen and oxygen atoms in total. The lowest BCUT2D eigenvalue weighted by Crippen LogP contribution is -2.43. The van der Waals surface area contributed by atoms with Crippen LogP contribution in [0.5, 0.6) is 0 Å². The van der Waals surface area contributed by atoms with Crippen LogP contribution in [0.2, 0.25) is 0 Å². The second-order valence-corrected chi connectivity index (χ2v) is 8.90. The second-order valence-electron chi connectivity index (χ2n) is 8.90. The van der Waals surface area contributed by atoms with Gasteiger partial charge in [-0.3, -0.25) is 4.90 Å². The van der Waals surface area contributed by atoms with E-state index in [2.05, 4.69) is 31.0 Å². The van der Waals surface area contributed by atoms with E-state index in [0.29, 0.717) is 23.6 Å². The first-order valence-electron chi connectivity index (χ1n) is 10.5. The number of cyclic esters (lactones) is 1. The van der Waals surface area contributed by atoms with Crippen molar-refractivity contribution in [1.82, 2.24) is 4.90 Å². The smallest absolute Gasteiger partial charge is 0.337 e. The van der Waals surface area contributed by atoms with Gasteiger partial charge in [0, 0.05) is 18.0 Å². The molecule has 0 aromatic rings. The third-order valence-corrected chi connectivity index (χ3v) is 7.53. The summed E-state index contributed by atoms with van der Waals surface area (Å²) >= 11 is 0. The Labute approximate surface area is 157 Å². The number of hydrogen-bond acceptors (Lipinski definition) is 4.